The van der Waals surface area contributed by atoms with E-state index in [4.69, 9.17) is 4.74 Å². The Morgan fingerprint density at radius 1 is 1.17 bits per heavy atom. The minimum atomic E-state index is 0. The first-order valence-corrected chi connectivity index (χ1v) is 8.01. The molecule has 5 nitrogen and oxygen atoms in total. The maximum absolute atomic E-state index is 12.9. The first-order chi connectivity index (χ1) is 11.3. The minimum Gasteiger partial charge on any atom is -0.490 e. The molecule has 2 aliphatic rings. The van der Waals surface area contributed by atoms with E-state index in [1.54, 1.807) is 6.20 Å². The van der Waals surface area contributed by atoms with Gasteiger partial charge in [-0.15, -0.1) is 12.4 Å². The van der Waals surface area contributed by atoms with Crippen molar-refractivity contribution in [3.63, 3.8) is 0 Å². The van der Waals surface area contributed by atoms with Gasteiger partial charge in [0.15, 0.2) is 0 Å². The molecule has 1 unspecified atom stereocenters. The molecule has 1 fully saturated rings. The van der Waals surface area contributed by atoms with Crippen LogP contribution in [0.25, 0.3) is 0 Å². The maximum Gasteiger partial charge on any atom is 0.324 e. The number of para-hydroxylation sites is 2. The van der Waals surface area contributed by atoms with E-state index in [0.29, 0.717) is 19.1 Å². The van der Waals surface area contributed by atoms with Crippen molar-refractivity contribution in [3.05, 3.63) is 54.4 Å². The molecule has 0 bridgehead atoms. The lowest BCUT2D eigenvalue weighted by Gasteiger charge is -2.32. The quantitative estimate of drug-likeness (QED) is 0.796. The SMILES string of the molecule is Cl.O=C(N1CCC(c2cccnc2)C1)N1CCOc2ccccc21. The first kappa shape index (κ1) is 16.6. The average molecular weight is 346 g/mol. The number of aromatic nitrogens is 1. The van der Waals surface area contributed by atoms with Crippen LogP contribution in [0.3, 0.4) is 0 Å². The second-order valence-electron chi connectivity index (χ2n) is 5.97. The van der Waals surface area contributed by atoms with Crippen LogP contribution in [0.4, 0.5) is 10.5 Å². The maximum atomic E-state index is 12.9. The molecule has 3 heterocycles. The molecule has 0 radical (unpaired) electrons. The van der Waals surface area contributed by atoms with Crippen molar-refractivity contribution in [2.24, 2.45) is 0 Å². The zero-order valence-electron chi connectivity index (χ0n) is 13.3. The lowest BCUT2D eigenvalue weighted by Crippen LogP contribution is -2.45. The number of hydrogen-bond donors (Lipinski definition) is 0. The fourth-order valence-electron chi connectivity index (χ4n) is 3.36. The Morgan fingerprint density at radius 2 is 2.04 bits per heavy atom. The topological polar surface area (TPSA) is 45.7 Å². The predicted molar refractivity (Wildman–Crippen MR) is 95.1 cm³/mol. The van der Waals surface area contributed by atoms with Crippen LogP contribution >= 0.6 is 12.4 Å². The van der Waals surface area contributed by atoms with Gasteiger partial charge >= 0.3 is 6.03 Å². The zero-order chi connectivity index (χ0) is 15.6. The smallest absolute Gasteiger partial charge is 0.324 e. The zero-order valence-corrected chi connectivity index (χ0v) is 14.1. The summed E-state index contributed by atoms with van der Waals surface area (Å²) in [6.45, 7) is 2.69. The second kappa shape index (κ2) is 7.09. The van der Waals surface area contributed by atoms with Crippen molar-refractivity contribution >= 4 is 24.1 Å². The average Bonchev–Trinajstić information content (AvgIpc) is 3.11. The van der Waals surface area contributed by atoms with Gasteiger partial charge in [-0.25, -0.2) is 4.79 Å². The van der Waals surface area contributed by atoms with Gasteiger partial charge in [-0.2, -0.15) is 0 Å². The molecule has 2 aliphatic heterocycles. The summed E-state index contributed by atoms with van der Waals surface area (Å²) in [5, 5.41) is 0. The number of likely N-dealkylation sites (tertiary alicyclic amines) is 1. The molecule has 1 saturated heterocycles. The molecular weight excluding hydrogens is 326 g/mol. The fraction of sp³-hybridized carbons (Fsp3) is 0.333. The molecule has 126 valence electrons. The van der Waals surface area contributed by atoms with E-state index in [1.165, 1.54) is 5.56 Å². The normalized spacial score (nSPS) is 19.2. The number of benzene rings is 1. The molecule has 0 N–H and O–H groups in total. The molecule has 0 aliphatic carbocycles. The summed E-state index contributed by atoms with van der Waals surface area (Å²) in [5.41, 5.74) is 2.08. The second-order valence-corrected chi connectivity index (χ2v) is 5.97. The lowest BCUT2D eigenvalue weighted by molar-refractivity contribution is 0.209. The number of halogens is 1. The molecule has 0 saturated carbocycles. The van der Waals surface area contributed by atoms with Crippen molar-refractivity contribution in [3.8, 4) is 5.75 Å². The van der Waals surface area contributed by atoms with Gasteiger partial charge in [-0.05, 0) is 30.2 Å². The molecule has 0 spiro atoms. The Morgan fingerprint density at radius 3 is 2.88 bits per heavy atom. The highest BCUT2D eigenvalue weighted by Gasteiger charge is 2.32. The fourth-order valence-corrected chi connectivity index (χ4v) is 3.36. The summed E-state index contributed by atoms with van der Waals surface area (Å²) in [6.07, 6.45) is 4.68. The van der Waals surface area contributed by atoms with Crippen molar-refractivity contribution < 1.29 is 9.53 Å². The van der Waals surface area contributed by atoms with E-state index in [2.05, 4.69) is 11.1 Å². The summed E-state index contributed by atoms with van der Waals surface area (Å²) < 4.78 is 5.64. The van der Waals surface area contributed by atoms with Crippen LogP contribution in [-0.2, 0) is 0 Å². The van der Waals surface area contributed by atoms with Crippen molar-refractivity contribution in [1.29, 1.82) is 0 Å². The van der Waals surface area contributed by atoms with Crippen LogP contribution in [0, 0.1) is 0 Å². The summed E-state index contributed by atoms with van der Waals surface area (Å²) in [5.74, 6) is 1.17. The van der Waals surface area contributed by atoms with Gasteiger partial charge in [-0.3, -0.25) is 9.88 Å². The Bertz CT molecular complexity index is 710. The minimum absolute atomic E-state index is 0. The van der Waals surface area contributed by atoms with Crippen molar-refractivity contribution in [2.75, 3.05) is 31.1 Å². The van der Waals surface area contributed by atoms with Gasteiger partial charge in [0.2, 0.25) is 0 Å². The van der Waals surface area contributed by atoms with E-state index in [-0.39, 0.29) is 18.4 Å². The molecule has 24 heavy (non-hydrogen) atoms. The first-order valence-electron chi connectivity index (χ1n) is 8.01. The number of carbonyl (C=O) groups excluding carboxylic acids is 1. The number of ether oxygens (including phenoxy) is 1. The molecule has 2 amide bonds. The molecule has 4 rings (SSSR count). The third-order valence-corrected chi connectivity index (χ3v) is 4.57. The van der Waals surface area contributed by atoms with Gasteiger partial charge in [0.25, 0.3) is 0 Å². The Kier molecular flexibility index (Phi) is 4.90. The Balaban J connectivity index is 0.00000169. The number of hydrogen-bond acceptors (Lipinski definition) is 3. The van der Waals surface area contributed by atoms with Gasteiger partial charge in [0, 0.05) is 31.4 Å². The van der Waals surface area contributed by atoms with Crippen molar-refractivity contribution in [2.45, 2.75) is 12.3 Å². The standard InChI is InChI=1S/C18H19N3O2.ClH/c22-18(21-10-11-23-17-6-2-1-5-16(17)21)20-9-7-15(13-20)14-4-3-8-19-12-14;/h1-6,8,12,15H,7,9-11,13H2;1H. The molecule has 6 heteroatoms. The summed E-state index contributed by atoms with van der Waals surface area (Å²) >= 11 is 0. The number of nitrogens with zero attached hydrogens (tertiary/aromatic N) is 3. The van der Waals surface area contributed by atoms with Crippen LogP contribution < -0.4 is 9.64 Å². The monoisotopic (exact) mass is 345 g/mol. The van der Waals surface area contributed by atoms with E-state index >= 15 is 0 Å². The third-order valence-electron chi connectivity index (χ3n) is 4.57. The molecule has 1 aromatic carbocycles. The number of fused-ring (bicyclic) bond motifs is 1. The van der Waals surface area contributed by atoms with E-state index in [9.17, 15) is 4.79 Å². The summed E-state index contributed by atoms with van der Waals surface area (Å²) in [4.78, 5) is 20.9. The Labute approximate surface area is 147 Å². The van der Waals surface area contributed by atoms with Gasteiger partial charge < -0.3 is 9.64 Å². The highest BCUT2D eigenvalue weighted by atomic mass is 35.5. The number of urea groups is 1. The summed E-state index contributed by atoms with van der Waals surface area (Å²) in [6, 6.07) is 11.9. The highest BCUT2D eigenvalue weighted by Crippen LogP contribution is 2.33. The molecular formula is C18H20ClN3O2. The number of pyridine rings is 1. The molecule has 1 atom stereocenters. The van der Waals surface area contributed by atoms with Gasteiger partial charge in [0.1, 0.15) is 12.4 Å². The van der Waals surface area contributed by atoms with E-state index in [0.717, 1.165) is 30.9 Å². The van der Waals surface area contributed by atoms with E-state index < -0.39 is 0 Å². The van der Waals surface area contributed by atoms with Crippen LogP contribution in [0.5, 0.6) is 5.75 Å². The molecule has 2 aromatic rings. The predicted octanol–water partition coefficient (Wildman–Crippen LogP) is 3.31. The van der Waals surface area contributed by atoms with Crippen LogP contribution in [0.1, 0.15) is 17.9 Å². The number of amides is 2. The van der Waals surface area contributed by atoms with Crippen LogP contribution in [0.15, 0.2) is 48.8 Å². The third kappa shape index (κ3) is 3.04. The van der Waals surface area contributed by atoms with Crippen molar-refractivity contribution in [1.82, 2.24) is 9.88 Å². The van der Waals surface area contributed by atoms with Gasteiger partial charge in [0.05, 0.1) is 12.2 Å². The van der Waals surface area contributed by atoms with E-state index in [1.807, 2.05) is 46.3 Å². The number of carbonyl (C=O) groups is 1. The lowest BCUT2D eigenvalue weighted by atomic mass is 10.0. The summed E-state index contributed by atoms with van der Waals surface area (Å²) in [7, 11) is 0. The number of anilines is 1. The van der Waals surface area contributed by atoms with Crippen LogP contribution in [0.2, 0.25) is 0 Å². The number of rotatable bonds is 1. The Hall–Kier alpha value is -2.27. The van der Waals surface area contributed by atoms with Gasteiger partial charge in [-0.1, -0.05) is 18.2 Å². The largest absolute Gasteiger partial charge is 0.490 e. The molecule has 1 aromatic heterocycles. The van der Waals surface area contributed by atoms with Crippen LogP contribution in [-0.4, -0.2) is 42.2 Å². The highest BCUT2D eigenvalue weighted by molar-refractivity contribution is 5.94.